The molecule has 0 aliphatic carbocycles. The second-order valence-corrected chi connectivity index (χ2v) is 4.81. The first-order valence-electron chi connectivity index (χ1n) is 6.30. The Hall–Kier alpha value is -1.75. The lowest BCUT2D eigenvalue weighted by Gasteiger charge is -2.30. The predicted molar refractivity (Wildman–Crippen MR) is 67.6 cm³/mol. The molecule has 2 aromatic heterocycles. The standard InChI is InChI=1S/C13H16N4O/c1-16-7-3-2-6-11(16)12-14-13-10(9-18)5-4-8-17(13)15-12/h4-5,8-9,11H,2-3,6-7H2,1H3. The SMILES string of the molecule is CN1CCCCC1c1nc2c(C=O)cccn2n1. The van der Waals surface area contributed by atoms with Crippen LogP contribution in [-0.4, -0.2) is 39.4 Å². The van der Waals surface area contributed by atoms with Crippen molar-refractivity contribution in [1.82, 2.24) is 19.5 Å². The Bertz CT molecular complexity index is 577. The molecule has 0 bridgehead atoms. The normalized spacial score (nSPS) is 21.3. The van der Waals surface area contributed by atoms with E-state index in [4.69, 9.17) is 0 Å². The van der Waals surface area contributed by atoms with Crippen molar-refractivity contribution in [3.05, 3.63) is 29.7 Å². The van der Waals surface area contributed by atoms with Gasteiger partial charge < -0.3 is 0 Å². The number of nitrogens with zero attached hydrogens (tertiary/aromatic N) is 4. The van der Waals surface area contributed by atoms with Gasteiger partial charge in [0.05, 0.1) is 11.6 Å². The summed E-state index contributed by atoms with van der Waals surface area (Å²) in [6.07, 6.45) is 6.20. The largest absolute Gasteiger partial charge is 0.298 e. The summed E-state index contributed by atoms with van der Waals surface area (Å²) in [5.74, 6) is 0.825. The van der Waals surface area contributed by atoms with Crippen molar-refractivity contribution >= 4 is 11.9 Å². The molecule has 5 nitrogen and oxygen atoms in total. The summed E-state index contributed by atoms with van der Waals surface area (Å²) in [7, 11) is 2.11. The highest BCUT2D eigenvalue weighted by molar-refractivity contribution is 5.83. The van der Waals surface area contributed by atoms with Crippen LogP contribution in [0.25, 0.3) is 5.65 Å². The van der Waals surface area contributed by atoms with Crippen molar-refractivity contribution in [2.45, 2.75) is 25.3 Å². The molecule has 1 aliphatic heterocycles. The third kappa shape index (κ3) is 1.80. The van der Waals surface area contributed by atoms with Gasteiger partial charge in [-0.1, -0.05) is 6.42 Å². The molecule has 18 heavy (non-hydrogen) atoms. The number of rotatable bonds is 2. The van der Waals surface area contributed by atoms with E-state index in [9.17, 15) is 4.79 Å². The van der Waals surface area contributed by atoms with E-state index in [1.165, 1.54) is 12.8 Å². The monoisotopic (exact) mass is 244 g/mol. The number of aromatic nitrogens is 3. The number of carbonyl (C=O) groups excluding carboxylic acids is 1. The first-order valence-corrected chi connectivity index (χ1v) is 6.30. The zero-order chi connectivity index (χ0) is 12.5. The number of carbonyl (C=O) groups is 1. The summed E-state index contributed by atoms with van der Waals surface area (Å²) in [5, 5.41) is 4.50. The molecule has 3 heterocycles. The summed E-state index contributed by atoms with van der Waals surface area (Å²) in [5.41, 5.74) is 1.25. The quantitative estimate of drug-likeness (QED) is 0.754. The van der Waals surface area contributed by atoms with E-state index >= 15 is 0 Å². The predicted octanol–water partition coefficient (Wildman–Crippen LogP) is 1.70. The van der Waals surface area contributed by atoms with E-state index < -0.39 is 0 Å². The van der Waals surface area contributed by atoms with Crippen molar-refractivity contribution in [2.75, 3.05) is 13.6 Å². The lowest BCUT2D eigenvalue weighted by molar-refractivity contribution is 0.112. The molecule has 0 spiro atoms. The molecule has 1 unspecified atom stereocenters. The molecule has 1 saturated heterocycles. The lowest BCUT2D eigenvalue weighted by atomic mass is 10.0. The molecule has 0 aromatic carbocycles. The molecule has 0 saturated carbocycles. The summed E-state index contributed by atoms with van der Waals surface area (Å²) in [6, 6.07) is 3.86. The van der Waals surface area contributed by atoms with Crippen LogP contribution in [0, 0.1) is 0 Å². The Morgan fingerprint density at radius 1 is 1.44 bits per heavy atom. The fourth-order valence-corrected chi connectivity index (χ4v) is 2.58. The van der Waals surface area contributed by atoms with E-state index in [0.717, 1.165) is 25.1 Å². The van der Waals surface area contributed by atoms with Crippen molar-refractivity contribution in [1.29, 1.82) is 0 Å². The number of likely N-dealkylation sites (tertiary alicyclic amines) is 1. The smallest absolute Gasteiger partial charge is 0.168 e. The minimum Gasteiger partial charge on any atom is -0.298 e. The van der Waals surface area contributed by atoms with Gasteiger partial charge in [0, 0.05) is 6.20 Å². The Labute approximate surface area is 105 Å². The second-order valence-electron chi connectivity index (χ2n) is 4.81. The van der Waals surface area contributed by atoms with Crippen LogP contribution in [0.5, 0.6) is 0 Å². The molecule has 1 aliphatic rings. The molecule has 3 rings (SSSR count). The molecule has 0 N–H and O–H groups in total. The van der Waals surface area contributed by atoms with Crippen LogP contribution >= 0.6 is 0 Å². The highest BCUT2D eigenvalue weighted by Crippen LogP contribution is 2.27. The van der Waals surface area contributed by atoms with Crippen LogP contribution in [-0.2, 0) is 0 Å². The van der Waals surface area contributed by atoms with E-state index in [1.54, 1.807) is 10.6 Å². The summed E-state index contributed by atoms with van der Waals surface area (Å²) in [6.45, 7) is 1.08. The van der Waals surface area contributed by atoms with Crippen molar-refractivity contribution in [3.63, 3.8) is 0 Å². The molecule has 5 heteroatoms. The van der Waals surface area contributed by atoms with Crippen molar-refractivity contribution in [3.8, 4) is 0 Å². The second kappa shape index (κ2) is 4.49. The van der Waals surface area contributed by atoms with E-state index in [2.05, 4.69) is 22.0 Å². The molecule has 1 atom stereocenters. The zero-order valence-electron chi connectivity index (χ0n) is 10.4. The summed E-state index contributed by atoms with van der Waals surface area (Å²) in [4.78, 5) is 17.8. The first kappa shape index (κ1) is 11.3. The average molecular weight is 244 g/mol. The lowest BCUT2D eigenvalue weighted by Crippen LogP contribution is -2.30. The zero-order valence-corrected chi connectivity index (χ0v) is 10.4. The van der Waals surface area contributed by atoms with Crippen LogP contribution in [0.4, 0.5) is 0 Å². The van der Waals surface area contributed by atoms with Gasteiger partial charge in [-0.05, 0) is 38.6 Å². The van der Waals surface area contributed by atoms with Gasteiger partial charge >= 0.3 is 0 Å². The van der Waals surface area contributed by atoms with Crippen LogP contribution in [0.3, 0.4) is 0 Å². The number of piperidine rings is 1. The van der Waals surface area contributed by atoms with Gasteiger partial charge in [0.15, 0.2) is 17.8 Å². The first-order chi connectivity index (χ1) is 8.79. The topological polar surface area (TPSA) is 50.5 Å². The molecule has 1 fully saturated rings. The van der Waals surface area contributed by atoms with Gasteiger partial charge in [-0.2, -0.15) is 0 Å². The maximum Gasteiger partial charge on any atom is 0.168 e. The Morgan fingerprint density at radius 3 is 3.11 bits per heavy atom. The number of pyridine rings is 1. The maximum absolute atomic E-state index is 11.0. The number of fused-ring (bicyclic) bond motifs is 1. The molecule has 94 valence electrons. The highest BCUT2D eigenvalue weighted by Gasteiger charge is 2.24. The van der Waals surface area contributed by atoms with E-state index in [1.807, 2.05) is 12.3 Å². The van der Waals surface area contributed by atoms with Gasteiger partial charge in [0.1, 0.15) is 0 Å². The number of aldehydes is 1. The summed E-state index contributed by atoms with van der Waals surface area (Å²) < 4.78 is 1.70. The van der Waals surface area contributed by atoms with Gasteiger partial charge in [0.2, 0.25) is 0 Å². The fraction of sp³-hybridized carbons (Fsp3) is 0.462. The third-order valence-corrected chi connectivity index (χ3v) is 3.60. The van der Waals surface area contributed by atoms with Gasteiger partial charge in [-0.25, -0.2) is 9.50 Å². The van der Waals surface area contributed by atoms with Gasteiger partial charge in [-0.15, -0.1) is 5.10 Å². The van der Waals surface area contributed by atoms with Gasteiger partial charge in [0.25, 0.3) is 0 Å². The van der Waals surface area contributed by atoms with E-state index in [0.29, 0.717) is 11.2 Å². The minimum absolute atomic E-state index is 0.276. The maximum atomic E-state index is 11.0. The minimum atomic E-state index is 0.276. The Balaban J connectivity index is 2.05. The van der Waals surface area contributed by atoms with Gasteiger partial charge in [-0.3, -0.25) is 9.69 Å². The number of hydrogen-bond acceptors (Lipinski definition) is 4. The van der Waals surface area contributed by atoms with Crippen LogP contribution in [0.1, 0.15) is 41.5 Å². The average Bonchev–Trinajstić information content (AvgIpc) is 2.82. The van der Waals surface area contributed by atoms with Crippen LogP contribution in [0.2, 0.25) is 0 Å². The molecule has 2 aromatic rings. The Kier molecular flexibility index (Phi) is 2.83. The molecule has 0 radical (unpaired) electrons. The van der Waals surface area contributed by atoms with E-state index in [-0.39, 0.29) is 6.04 Å². The van der Waals surface area contributed by atoms with Crippen LogP contribution in [0.15, 0.2) is 18.3 Å². The molecule has 0 amide bonds. The Morgan fingerprint density at radius 2 is 2.33 bits per heavy atom. The summed E-state index contributed by atoms with van der Waals surface area (Å²) >= 11 is 0. The van der Waals surface area contributed by atoms with Crippen molar-refractivity contribution < 1.29 is 4.79 Å². The molecular formula is C13H16N4O. The molecular weight excluding hydrogens is 228 g/mol. The highest BCUT2D eigenvalue weighted by atomic mass is 16.1. The van der Waals surface area contributed by atoms with Crippen LogP contribution < -0.4 is 0 Å². The number of hydrogen-bond donors (Lipinski definition) is 0. The third-order valence-electron chi connectivity index (χ3n) is 3.60. The van der Waals surface area contributed by atoms with Crippen molar-refractivity contribution in [2.24, 2.45) is 0 Å². The fourth-order valence-electron chi connectivity index (χ4n) is 2.58.